The molecule has 1 heterocycles. The van der Waals surface area contributed by atoms with Crippen LogP contribution in [0.2, 0.25) is 0 Å². The lowest BCUT2D eigenvalue weighted by molar-refractivity contribution is -0.135. The molecule has 142 heavy (non-hydrogen) atoms. The molecule has 2 aromatic carbocycles. The highest BCUT2D eigenvalue weighted by atomic mass is 33.1. The number of carbonyl (C=O) groups is 14. The first-order valence-corrected chi connectivity index (χ1v) is 51.9. The smallest absolute Gasteiger partial charge is 0.312 e. The van der Waals surface area contributed by atoms with Crippen molar-refractivity contribution in [1.82, 2.24) is 95.7 Å². The number of nitrogens with two attached hydrogens (primary N) is 10. The predicted octanol–water partition coefficient (Wildman–Crippen LogP) is -4.93. The van der Waals surface area contributed by atoms with E-state index in [1.54, 1.807) is 6.08 Å². The minimum Gasteiger partial charge on any atom is -0.508 e. The maximum atomic E-state index is 16.1. The normalized spacial score (nSPS) is 23.8. The van der Waals surface area contributed by atoms with Gasteiger partial charge in [-0.2, -0.15) is 11.8 Å². The minimum absolute atomic E-state index is 0.00765. The van der Waals surface area contributed by atoms with Crippen molar-refractivity contribution in [1.29, 1.82) is 27.0 Å². The highest BCUT2D eigenvalue weighted by molar-refractivity contribution is 8.76. The number of urea groups is 1. The van der Waals surface area contributed by atoms with Gasteiger partial charge in [-0.1, -0.05) is 64.9 Å². The fraction of sp³-hybridized carbons (Fsp3) is 0.633. The Balaban J connectivity index is 1.58. The topological polar surface area (TPSA) is 875 Å². The van der Waals surface area contributed by atoms with Gasteiger partial charge >= 0.3 is 6.03 Å². The van der Waals surface area contributed by atoms with E-state index in [1.165, 1.54) is 73.3 Å². The molecule has 14 atom stereocenters. The second-order valence-electron chi connectivity index (χ2n) is 36.6. The van der Waals surface area contributed by atoms with Crippen LogP contribution in [0.15, 0.2) is 60.7 Å². The molecule has 15 amide bonds. The molecule has 4 aliphatic carbocycles. The Bertz CT molecular complexity index is 4530. The van der Waals surface area contributed by atoms with E-state index in [1.807, 2.05) is 0 Å². The van der Waals surface area contributed by atoms with E-state index in [0.717, 1.165) is 60.1 Å². The summed E-state index contributed by atoms with van der Waals surface area (Å²) in [5, 5.41) is 109. The highest BCUT2D eigenvalue weighted by Gasteiger charge is 2.51. The fourth-order valence-corrected chi connectivity index (χ4v) is 21.4. The molecule has 5 aliphatic rings. The van der Waals surface area contributed by atoms with Crippen molar-refractivity contribution in [3.8, 4) is 11.5 Å². The van der Waals surface area contributed by atoms with Crippen molar-refractivity contribution in [3.63, 3.8) is 0 Å². The van der Waals surface area contributed by atoms with Gasteiger partial charge in [0.25, 0.3) is 0 Å². The average Bonchev–Trinajstić information content (AvgIpc) is 0.750. The van der Waals surface area contributed by atoms with E-state index in [-0.39, 0.29) is 190 Å². The quantitative estimate of drug-likeness (QED) is 0.00970. The van der Waals surface area contributed by atoms with E-state index in [9.17, 15) is 29.4 Å². The number of primary amides is 2. The number of nitrogens with one attached hydrogen (secondary N) is 23. The summed E-state index contributed by atoms with van der Waals surface area (Å²) in [4.78, 5) is 209. The van der Waals surface area contributed by atoms with Crippen LogP contribution in [0.1, 0.15) is 172 Å². The Morgan fingerprint density at radius 1 is 0.430 bits per heavy atom. The molecule has 7 rings (SSSR count). The third-order valence-corrected chi connectivity index (χ3v) is 28.5. The van der Waals surface area contributed by atoms with Crippen LogP contribution < -0.4 is 153 Å². The van der Waals surface area contributed by atoms with E-state index in [2.05, 4.69) is 95.7 Å². The Morgan fingerprint density at radius 2 is 0.817 bits per heavy atom. The number of carbonyl (C=O) groups excluding carboxylic acids is 14. The van der Waals surface area contributed by atoms with Crippen molar-refractivity contribution in [2.24, 2.45) is 86.4 Å². The van der Waals surface area contributed by atoms with E-state index in [4.69, 9.17) is 84.4 Å². The molecule has 4 saturated carbocycles. The number of benzene rings is 2. The number of amides is 15. The first-order chi connectivity index (χ1) is 67.6. The molecule has 2 aromatic rings. The number of aromatic hydroxyl groups is 2. The lowest BCUT2D eigenvalue weighted by Crippen LogP contribution is -2.61. The summed E-state index contributed by atoms with van der Waals surface area (Å²) in [5.74, 6) is -14.7. The number of hydrogen-bond acceptors (Lipinski definition) is 27. The van der Waals surface area contributed by atoms with Crippen molar-refractivity contribution in [2.45, 2.75) is 252 Å². The molecular weight excluding hydrogens is 1900 g/mol. The SMILES string of the molecule is C[C@@H]1/C=C/[C@@H](CCCCN)NC(=O)[C@H](CCCCN)NC(=O)[C@H](CCCNC(=N)N)NC(=O)[C@H](Cc2ccc(O)cc2)NC(=O)[C@@H](NC(=O)[C@H](CSCC23CC4CC(CC(C4)C2)C3)NC(=O)[C@H](CCCNC(=N)N)NC(=O)[C@@H](N)CCCNC(=N)N)CSSC[C@@H](C(=O)N[C@@H](CCCNC(=N)N)C(N)=O)NC(=O)[C@H](CCCNC(N)=O)NC(=O)[C@H](CCCNC(=N)N)NC(=O)[C@H](Cc2ccc(O)cc2)NC1=O. The first-order valence-electron chi connectivity index (χ1n) is 48.2. The molecule has 0 unspecified atom stereocenters. The molecular formula is C90H151N33O16S3. The summed E-state index contributed by atoms with van der Waals surface area (Å²) < 4.78 is 0. The van der Waals surface area contributed by atoms with Crippen LogP contribution in [0.4, 0.5) is 4.79 Å². The first kappa shape index (κ1) is 118. The standard InChI is InChI=1S/C90H151N33O16S3/c1-50-20-25-56(12-2-4-30-91)112-74(129)61(14-3-5-31-92)115-75(130)63(17-9-35-109-87(101)102)118-80(135)67(42-52-23-28-58(125)29-24-52)120-83(138)70(123-81(136)68(46-140-49-90-43-53-38-54(44-90)40-55(39-53)45-90)121-77(132)62(16-8-34-108-86(99)100)114-73(128)59(93)13-6-32-106-84(95)96)48-142-141-47-69(82(137)113-60(71(94)126)15-7-33-107-85(97)98)122-78(133)65(19-11-37-111-89(105)139)116-76(131)64(18-10-36-110-88(103)104)117-79(134)66(119-72(50)127)41-51-21-26-57(124)27-22-51/h20-29,50,53-56,59-70,124-125H,2-19,30-49,91-93H2,1H3,(H2,94,126)(H,112,129)(H,113,137)(H,114,128)(H,115,130)(H,116,131)(H,117,134)(H,118,135)(H,119,127)(H,120,138)(H,121,132)(H,122,133)(H,123,136)(H4,95,96,106)(H4,97,98,107)(H4,99,100,108)(H4,101,102,109)(H4,103,104,110)(H3,105,111,139)/b25-20+/t50-,53?,54?,55?,56-,59+,60+,61+,62+,63+,64+,65+,66+,67+,68+,69+,70+,90?/m1/s1. The highest BCUT2D eigenvalue weighted by Crippen LogP contribution is 2.61. The number of unbranched alkanes of at least 4 members (excludes halogenated alkanes) is 2. The Labute approximate surface area is 839 Å². The van der Waals surface area contributed by atoms with Gasteiger partial charge in [-0.05, 0) is 232 Å². The molecule has 790 valence electrons. The van der Waals surface area contributed by atoms with Crippen molar-refractivity contribution < 1.29 is 77.3 Å². The lowest BCUT2D eigenvalue weighted by Gasteiger charge is -2.57. The Kier molecular flexibility index (Phi) is 52.1. The summed E-state index contributed by atoms with van der Waals surface area (Å²) >= 11 is 1.40. The van der Waals surface area contributed by atoms with Gasteiger partial charge in [0.15, 0.2) is 29.8 Å². The van der Waals surface area contributed by atoms with E-state index in [0.29, 0.717) is 53.9 Å². The van der Waals surface area contributed by atoms with Crippen LogP contribution in [-0.4, -0.2) is 277 Å². The van der Waals surface area contributed by atoms with Crippen molar-refractivity contribution in [3.05, 3.63) is 71.8 Å². The van der Waals surface area contributed by atoms with Crippen molar-refractivity contribution >= 4 is 146 Å². The van der Waals surface area contributed by atoms with Gasteiger partial charge in [0.1, 0.15) is 78.0 Å². The zero-order valence-corrected chi connectivity index (χ0v) is 83.0. The third-order valence-electron chi connectivity index (χ3n) is 24.7. The largest absolute Gasteiger partial charge is 0.508 e. The number of guanidine groups is 5. The van der Waals surface area contributed by atoms with Gasteiger partial charge in [0.05, 0.1) is 12.0 Å². The van der Waals surface area contributed by atoms with Crippen molar-refractivity contribution in [2.75, 3.05) is 75.4 Å². The molecule has 0 radical (unpaired) electrons. The second-order valence-corrected chi connectivity index (χ2v) is 40.2. The van der Waals surface area contributed by atoms with Gasteiger partial charge in [0.2, 0.25) is 76.8 Å². The Hall–Kier alpha value is -12.6. The molecule has 0 saturated heterocycles. The predicted molar refractivity (Wildman–Crippen MR) is 543 cm³/mol. The van der Waals surface area contributed by atoms with Crippen LogP contribution in [-0.2, 0) is 75.2 Å². The van der Waals surface area contributed by atoms with Crippen LogP contribution in [0.5, 0.6) is 11.5 Å². The molecule has 0 aromatic heterocycles. The second kappa shape index (κ2) is 62.7. The number of hydrogen-bond donors (Lipinski definition) is 35. The molecule has 1 aliphatic heterocycles. The summed E-state index contributed by atoms with van der Waals surface area (Å²) in [5.41, 5.74) is 58.5. The van der Waals surface area contributed by atoms with Gasteiger partial charge in [-0.25, -0.2) is 4.79 Å². The molecule has 49 nitrogen and oxygen atoms in total. The minimum atomic E-state index is -1.81. The molecule has 45 N–H and O–H groups in total. The number of phenols is 2. The fourth-order valence-electron chi connectivity index (χ4n) is 17.7. The van der Waals surface area contributed by atoms with Crippen LogP contribution in [0.3, 0.4) is 0 Å². The summed E-state index contributed by atoms with van der Waals surface area (Å²) in [7, 11) is 1.62. The summed E-state index contributed by atoms with van der Waals surface area (Å²) in [6.07, 6.45) is 9.82. The number of rotatable bonds is 49. The van der Waals surface area contributed by atoms with Gasteiger partial charge in [-0.15, -0.1) is 0 Å². The number of thioether (sulfide) groups is 1. The number of phenolic OH excluding ortho intramolecular Hbond substituents is 2. The maximum Gasteiger partial charge on any atom is 0.312 e. The molecule has 4 fully saturated rings. The zero-order chi connectivity index (χ0) is 104. The van der Waals surface area contributed by atoms with E-state index < -0.39 is 203 Å². The van der Waals surface area contributed by atoms with E-state index >= 15 is 47.9 Å². The average molecular weight is 2050 g/mol. The Morgan fingerprint density at radius 3 is 1.27 bits per heavy atom. The summed E-state index contributed by atoms with van der Waals surface area (Å²) in [6.45, 7) is 1.98. The maximum absolute atomic E-state index is 16.1. The lowest BCUT2D eigenvalue weighted by atomic mass is 9.50. The van der Waals surface area contributed by atoms with Crippen LogP contribution in [0, 0.1) is 56.1 Å². The van der Waals surface area contributed by atoms with Crippen LogP contribution >= 0.6 is 33.3 Å². The van der Waals surface area contributed by atoms with Gasteiger partial charge < -0.3 is 163 Å². The molecule has 4 bridgehead atoms. The zero-order valence-electron chi connectivity index (χ0n) is 80.6. The molecule has 0 spiro atoms. The van der Waals surface area contributed by atoms with Crippen LogP contribution in [0.25, 0.3) is 0 Å². The third kappa shape index (κ3) is 44.7. The molecule has 52 heteroatoms. The van der Waals surface area contributed by atoms with Gasteiger partial charge in [0, 0.05) is 75.4 Å². The summed E-state index contributed by atoms with van der Waals surface area (Å²) in [6, 6.07) is -9.26. The van der Waals surface area contributed by atoms with Gasteiger partial charge in [-0.3, -0.25) is 89.4 Å². The monoisotopic (exact) mass is 2050 g/mol.